The summed E-state index contributed by atoms with van der Waals surface area (Å²) in [6.07, 6.45) is -0.718. The number of thioether (sulfide) groups is 1. The average molecular weight is 315 g/mol. The number of rotatable bonds is 4. The third kappa shape index (κ3) is 3.31. The normalized spacial score (nSPS) is 12.6. The summed E-state index contributed by atoms with van der Waals surface area (Å²) in [6.45, 7) is 1.60. The van der Waals surface area contributed by atoms with Gasteiger partial charge < -0.3 is 9.63 Å². The van der Waals surface area contributed by atoms with E-state index in [2.05, 4.69) is 26.1 Å². The Morgan fingerprint density at radius 2 is 2.24 bits per heavy atom. The summed E-state index contributed by atoms with van der Waals surface area (Å²) in [6, 6.07) is 7.95. The van der Waals surface area contributed by atoms with Crippen molar-refractivity contribution in [2.45, 2.75) is 23.7 Å². The molecule has 1 N–H and O–H groups in total. The molecule has 0 radical (unpaired) electrons. The molecular formula is C11H11BrN2O2S. The summed E-state index contributed by atoms with van der Waals surface area (Å²) in [5.74, 6) is 1.45. The molecule has 0 unspecified atom stereocenters. The Morgan fingerprint density at radius 3 is 2.88 bits per heavy atom. The Morgan fingerprint density at radius 1 is 1.47 bits per heavy atom. The second-order valence-electron chi connectivity index (χ2n) is 3.44. The molecule has 0 aliphatic carbocycles. The minimum Gasteiger partial charge on any atom is -0.384 e. The van der Waals surface area contributed by atoms with Crippen molar-refractivity contribution in [3.63, 3.8) is 0 Å². The summed E-state index contributed by atoms with van der Waals surface area (Å²) < 4.78 is 5.95. The molecule has 0 amide bonds. The van der Waals surface area contributed by atoms with Crippen molar-refractivity contribution < 1.29 is 9.63 Å². The predicted octanol–water partition coefficient (Wildman–Crippen LogP) is 3.18. The summed E-state index contributed by atoms with van der Waals surface area (Å²) in [5.41, 5.74) is 0. The standard InChI is InChI=1S/C11H11BrN2O2S/c1-7(15)11-13-10(14-16-11)6-17-9-5-3-2-4-8(9)12/h2-5,7,15H,6H2,1H3/t7-/m0/s1. The molecule has 1 heterocycles. The molecule has 0 aliphatic rings. The number of aromatic nitrogens is 2. The lowest BCUT2D eigenvalue weighted by Gasteiger charge is -2.00. The first kappa shape index (κ1) is 12.6. The summed E-state index contributed by atoms with van der Waals surface area (Å²) in [7, 11) is 0. The van der Waals surface area contributed by atoms with Crippen LogP contribution in [-0.2, 0) is 5.75 Å². The fourth-order valence-corrected chi connectivity index (χ4v) is 2.61. The van der Waals surface area contributed by atoms with Crippen molar-refractivity contribution in [1.29, 1.82) is 0 Å². The Kier molecular flexibility index (Phi) is 4.20. The van der Waals surface area contributed by atoms with E-state index in [0.717, 1.165) is 9.37 Å². The van der Waals surface area contributed by atoms with Gasteiger partial charge in [-0.2, -0.15) is 4.98 Å². The van der Waals surface area contributed by atoms with Crippen LogP contribution >= 0.6 is 27.7 Å². The monoisotopic (exact) mass is 314 g/mol. The van der Waals surface area contributed by atoms with Crippen molar-refractivity contribution in [1.82, 2.24) is 10.1 Å². The van der Waals surface area contributed by atoms with E-state index in [9.17, 15) is 5.11 Å². The molecule has 4 nitrogen and oxygen atoms in total. The van der Waals surface area contributed by atoms with Crippen molar-refractivity contribution in [2.75, 3.05) is 0 Å². The second kappa shape index (κ2) is 5.66. The topological polar surface area (TPSA) is 59.2 Å². The highest BCUT2D eigenvalue weighted by molar-refractivity contribution is 9.10. The van der Waals surface area contributed by atoms with E-state index in [4.69, 9.17) is 4.52 Å². The maximum absolute atomic E-state index is 9.26. The molecule has 0 fully saturated rings. The number of halogens is 1. The molecule has 2 aromatic rings. The van der Waals surface area contributed by atoms with Crippen molar-refractivity contribution >= 4 is 27.7 Å². The van der Waals surface area contributed by atoms with Gasteiger partial charge in [0.05, 0.1) is 5.75 Å². The van der Waals surface area contributed by atoms with Crippen LogP contribution in [0.15, 0.2) is 38.2 Å². The molecule has 0 spiro atoms. The van der Waals surface area contributed by atoms with E-state index < -0.39 is 6.10 Å². The molecule has 1 aromatic carbocycles. The van der Waals surface area contributed by atoms with Gasteiger partial charge in [-0.1, -0.05) is 17.3 Å². The molecule has 17 heavy (non-hydrogen) atoms. The maximum atomic E-state index is 9.26. The Labute approximate surface area is 112 Å². The van der Waals surface area contributed by atoms with Crippen LogP contribution in [-0.4, -0.2) is 15.2 Å². The second-order valence-corrected chi connectivity index (χ2v) is 5.32. The third-order valence-electron chi connectivity index (χ3n) is 2.03. The van der Waals surface area contributed by atoms with E-state index in [-0.39, 0.29) is 5.89 Å². The highest BCUT2D eigenvalue weighted by Gasteiger charge is 2.11. The van der Waals surface area contributed by atoms with Crippen molar-refractivity contribution in [3.8, 4) is 0 Å². The smallest absolute Gasteiger partial charge is 0.255 e. The molecule has 2 rings (SSSR count). The Hall–Kier alpha value is -0.850. The zero-order valence-corrected chi connectivity index (χ0v) is 11.5. The van der Waals surface area contributed by atoms with Gasteiger partial charge in [0, 0.05) is 9.37 Å². The number of aliphatic hydroxyl groups is 1. The molecule has 0 saturated heterocycles. The number of hydrogen-bond donors (Lipinski definition) is 1. The average Bonchev–Trinajstić information content (AvgIpc) is 2.77. The van der Waals surface area contributed by atoms with Crippen molar-refractivity contribution in [2.24, 2.45) is 0 Å². The van der Waals surface area contributed by atoms with E-state index >= 15 is 0 Å². The molecule has 0 aliphatic heterocycles. The van der Waals surface area contributed by atoms with Crippen LogP contribution in [0.5, 0.6) is 0 Å². The SMILES string of the molecule is C[C@H](O)c1nc(CSc2ccccc2Br)no1. The maximum Gasteiger partial charge on any atom is 0.255 e. The van der Waals surface area contributed by atoms with Gasteiger partial charge >= 0.3 is 0 Å². The summed E-state index contributed by atoms with van der Waals surface area (Å²) in [5, 5.41) is 13.1. The fraction of sp³-hybridized carbons (Fsp3) is 0.273. The minimum absolute atomic E-state index is 0.257. The van der Waals surface area contributed by atoms with Gasteiger partial charge in [0.25, 0.3) is 5.89 Å². The van der Waals surface area contributed by atoms with Gasteiger partial charge in [-0.05, 0) is 35.0 Å². The summed E-state index contributed by atoms with van der Waals surface area (Å²) in [4.78, 5) is 5.21. The summed E-state index contributed by atoms with van der Waals surface area (Å²) >= 11 is 5.08. The van der Waals surface area contributed by atoms with Crippen LogP contribution in [0.2, 0.25) is 0 Å². The third-order valence-corrected chi connectivity index (χ3v) is 4.06. The number of benzene rings is 1. The van der Waals surface area contributed by atoms with Gasteiger partial charge in [0.15, 0.2) is 5.82 Å². The van der Waals surface area contributed by atoms with Crippen LogP contribution in [0.3, 0.4) is 0 Å². The highest BCUT2D eigenvalue weighted by atomic mass is 79.9. The number of aliphatic hydroxyl groups excluding tert-OH is 1. The van der Waals surface area contributed by atoms with Crippen LogP contribution < -0.4 is 0 Å². The first-order valence-corrected chi connectivity index (χ1v) is 6.82. The first-order chi connectivity index (χ1) is 8.16. The lowest BCUT2D eigenvalue weighted by Crippen LogP contribution is -1.91. The first-order valence-electron chi connectivity index (χ1n) is 5.04. The van der Waals surface area contributed by atoms with E-state index in [1.807, 2.05) is 24.3 Å². The number of nitrogens with zero attached hydrogens (tertiary/aromatic N) is 2. The number of hydrogen-bond acceptors (Lipinski definition) is 5. The largest absolute Gasteiger partial charge is 0.384 e. The van der Waals surface area contributed by atoms with Crippen molar-refractivity contribution in [3.05, 3.63) is 40.5 Å². The molecule has 1 aromatic heterocycles. The van der Waals surface area contributed by atoms with E-state index in [1.165, 1.54) is 0 Å². The molecule has 90 valence electrons. The lowest BCUT2D eigenvalue weighted by molar-refractivity contribution is 0.151. The van der Waals surface area contributed by atoms with Crippen LogP contribution in [0.25, 0.3) is 0 Å². The van der Waals surface area contributed by atoms with Crippen LogP contribution in [0, 0.1) is 0 Å². The van der Waals surface area contributed by atoms with E-state index in [1.54, 1.807) is 18.7 Å². The minimum atomic E-state index is -0.718. The molecular weight excluding hydrogens is 304 g/mol. The molecule has 6 heteroatoms. The molecule has 1 atom stereocenters. The highest BCUT2D eigenvalue weighted by Crippen LogP contribution is 2.29. The zero-order chi connectivity index (χ0) is 12.3. The van der Waals surface area contributed by atoms with E-state index in [0.29, 0.717) is 11.6 Å². The van der Waals surface area contributed by atoms with Gasteiger partial charge in [-0.15, -0.1) is 11.8 Å². The molecule has 0 bridgehead atoms. The van der Waals surface area contributed by atoms with Gasteiger partial charge in [-0.3, -0.25) is 0 Å². The zero-order valence-electron chi connectivity index (χ0n) is 9.13. The van der Waals surface area contributed by atoms with Crippen LogP contribution in [0.4, 0.5) is 0 Å². The Bertz CT molecular complexity index is 502. The fourth-order valence-electron chi connectivity index (χ4n) is 1.20. The Balaban J connectivity index is 2.00. The van der Waals surface area contributed by atoms with Gasteiger partial charge in [0.1, 0.15) is 6.10 Å². The van der Waals surface area contributed by atoms with Gasteiger partial charge in [0.2, 0.25) is 0 Å². The lowest BCUT2D eigenvalue weighted by atomic mass is 10.4. The predicted molar refractivity (Wildman–Crippen MR) is 68.6 cm³/mol. The van der Waals surface area contributed by atoms with Gasteiger partial charge in [-0.25, -0.2) is 0 Å². The molecule has 0 saturated carbocycles. The van der Waals surface area contributed by atoms with Crippen LogP contribution in [0.1, 0.15) is 24.7 Å². The quantitative estimate of drug-likeness (QED) is 0.878.